The van der Waals surface area contributed by atoms with E-state index in [1.165, 1.54) is 27.4 Å². The molecule has 1 aliphatic heterocycles. The van der Waals surface area contributed by atoms with Crippen LogP contribution in [0.25, 0.3) is 0 Å². The molecule has 1 aliphatic rings. The number of carbonyl (C=O) groups is 1. The molecule has 0 aliphatic carbocycles. The highest BCUT2D eigenvalue weighted by Crippen LogP contribution is 2.24. The number of sulfonamides is 1. The zero-order chi connectivity index (χ0) is 19.7. The Morgan fingerprint density at radius 2 is 2.00 bits per heavy atom. The summed E-state index contributed by atoms with van der Waals surface area (Å²) in [5.41, 5.74) is -0.668. The predicted octanol–water partition coefficient (Wildman–Crippen LogP) is 3.25. The van der Waals surface area contributed by atoms with Gasteiger partial charge in [-0.25, -0.2) is 17.6 Å². The van der Waals surface area contributed by atoms with Gasteiger partial charge in [-0.3, -0.25) is 0 Å². The molecule has 0 bridgehead atoms. The molecule has 1 aromatic carbocycles. The lowest BCUT2D eigenvalue weighted by atomic mass is 10.2. The van der Waals surface area contributed by atoms with E-state index in [9.17, 15) is 17.6 Å². The third kappa shape index (κ3) is 5.08. The van der Waals surface area contributed by atoms with Gasteiger partial charge in [0.1, 0.15) is 11.4 Å². The summed E-state index contributed by atoms with van der Waals surface area (Å²) in [6, 6.07) is 3.71. The van der Waals surface area contributed by atoms with Crippen LogP contribution in [0.15, 0.2) is 18.2 Å². The van der Waals surface area contributed by atoms with Crippen LogP contribution in [0.1, 0.15) is 33.3 Å². The van der Waals surface area contributed by atoms with E-state index in [-0.39, 0.29) is 36.3 Å². The van der Waals surface area contributed by atoms with Crippen molar-refractivity contribution in [3.8, 4) is 0 Å². The van der Waals surface area contributed by atoms with Gasteiger partial charge < -0.3 is 9.64 Å². The predicted molar refractivity (Wildman–Crippen MR) is 98.0 cm³/mol. The lowest BCUT2D eigenvalue weighted by Crippen LogP contribution is -2.56. The molecule has 0 radical (unpaired) electrons. The first kappa shape index (κ1) is 20.9. The van der Waals surface area contributed by atoms with Crippen molar-refractivity contribution < 1.29 is 22.3 Å². The van der Waals surface area contributed by atoms with Gasteiger partial charge in [0.15, 0.2) is 0 Å². The Hall–Kier alpha value is -1.38. The second kappa shape index (κ2) is 7.70. The van der Waals surface area contributed by atoms with E-state index in [0.29, 0.717) is 0 Å². The van der Waals surface area contributed by atoms with Crippen molar-refractivity contribution in [3.05, 3.63) is 34.6 Å². The van der Waals surface area contributed by atoms with Crippen LogP contribution < -0.4 is 0 Å². The molecule has 1 saturated heterocycles. The summed E-state index contributed by atoms with van der Waals surface area (Å²) in [4.78, 5) is 13.7. The van der Waals surface area contributed by atoms with Gasteiger partial charge in [0.2, 0.25) is 10.0 Å². The molecule has 6 nitrogen and oxygen atoms in total. The maximum atomic E-state index is 13.9. The second-order valence-corrected chi connectivity index (χ2v) is 9.71. The summed E-state index contributed by atoms with van der Waals surface area (Å²) in [5.74, 6) is -1.17. The van der Waals surface area contributed by atoms with Crippen LogP contribution in [-0.2, 0) is 20.5 Å². The number of amides is 1. The molecule has 0 saturated carbocycles. The fraction of sp³-hybridized carbons (Fsp3) is 0.588. The molecule has 1 atom stereocenters. The zero-order valence-electron chi connectivity index (χ0n) is 15.3. The number of nitrogens with zero attached hydrogens (tertiary/aromatic N) is 2. The van der Waals surface area contributed by atoms with Crippen LogP contribution in [-0.4, -0.2) is 55.0 Å². The molecule has 0 spiro atoms. The van der Waals surface area contributed by atoms with Crippen molar-refractivity contribution >= 4 is 27.7 Å². The highest BCUT2D eigenvalue weighted by atomic mass is 35.5. The molecule has 26 heavy (non-hydrogen) atoms. The fourth-order valence-electron chi connectivity index (χ4n) is 2.71. The number of carbonyl (C=O) groups excluding carboxylic acids is 1. The summed E-state index contributed by atoms with van der Waals surface area (Å²) in [5, 5.41) is 0.0778. The van der Waals surface area contributed by atoms with E-state index in [1.54, 1.807) is 27.7 Å². The molecule has 0 aromatic heterocycles. The SMILES string of the molecule is C[C@@H]1CN(S(=O)(=O)Cc2c(F)cccc2Cl)CCN1C(=O)OC(C)(C)C. The van der Waals surface area contributed by atoms with Gasteiger partial charge in [-0.2, -0.15) is 4.31 Å². The maximum absolute atomic E-state index is 13.9. The maximum Gasteiger partial charge on any atom is 0.410 e. The quantitative estimate of drug-likeness (QED) is 0.772. The first-order chi connectivity index (χ1) is 11.9. The minimum atomic E-state index is -3.77. The van der Waals surface area contributed by atoms with Crippen LogP contribution in [0.5, 0.6) is 0 Å². The molecule has 1 heterocycles. The third-order valence-corrected chi connectivity index (χ3v) is 6.13. The summed E-state index contributed by atoms with van der Waals surface area (Å²) in [6.07, 6.45) is -0.473. The Labute approximate surface area is 158 Å². The van der Waals surface area contributed by atoms with E-state index in [0.717, 1.165) is 0 Å². The topological polar surface area (TPSA) is 66.9 Å². The minimum absolute atomic E-state index is 0.0450. The molecule has 9 heteroatoms. The summed E-state index contributed by atoms with van der Waals surface area (Å²) < 4.78 is 45.9. The van der Waals surface area contributed by atoms with Gasteiger partial charge in [-0.05, 0) is 39.8 Å². The number of halogens is 2. The normalized spacial score (nSPS) is 19.5. The van der Waals surface area contributed by atoms with E-state index in [4.69, 9.17) is 16.3 Å². The van der Waals surface area contributed by atoms with E-state index < -0.39 is 33.3 Å². The van der Waals surface area contributed by atoms with Crippen LogP contribution in [0.2, 0.25) is 5.02 Å². The molecule has 0 N–H and O–H groups in total. The summed E-state index contributed by atoms with van der Waals surface area (Å²) in [6.45, 7) is 7.52. The summed E-state index contributed by atoms with van der Waals surface area (Å²) in [7, 11) is -3.77. The lowest BCUT2D eigenvalue weighted by Gasteiger charge is -2.39. The van der Waals surface area contributed by atoms with Crippen LogP contribution in [0, 0.1) is 5.82 Å². The average Bonchev–Trinajstić information content (AvgIpc) is 2.49. The number of ether oxygens (including phenoxy) is 1. The Bertz CT molecular complexity index is 759. The standard InChI is InChI=1S/C17H24ClFN2O4S/c1-12-10-20(8-9-21(12)16(22)25-17(2,3)4)26(23,24)11-13-14(18)6-5-7-15(13)19/h5-7,12H,8-11H2,1-4H3/t12-/m1/s1. The van der Waals surface area contributed by atoms with Crippen LogP contribution in [0.4, 0.5) is 9.18 Å². The monoisotopic (exact) mass is 406 g/mol. The number of hydrogen-bond acceptors (Lipinski definition) is 4. The first-order valence-electron chi connectivity index (χ1n) is 8.31. The molecule has 1 aromatic rings. The molecule has 1 amide bonds. The molecular weight excluding hydrogens is 383 g/mol. The van der Waals surface area contributed by atoms with Gasteiger partial charge >= 0.3 is 6.09 Å². The van der Waals surface area contributed by atoms with Crippen molar-refractivity contribution in [1.82, 2.24) is 9.21 Å². The molecular formula is C17H24ClFN2O4S. The second-order valence-electron chi connectivity index (χ2n) is 7.34. The van der Waals surface area contributed by atoms with Crippen molar-refractivity contribution in [3.63, 3.8) is 0 Å². The largest absolute Gasteiger partial charge is 0.444 e. The number of benzene rings is 1. The number of rotatable bonds is 3. The molecule has 1 fully saturated rings. The molecule has 146 valence electrons. The Kier molecular flexibility index (Phi) is 6.20. The van der Waals surface area contributed by atoms with Gasteiger partial charge in [-0.1, -0.05) is 17.7 Å². The zero-order valence-corrected chi connectivity index (χ0v) is 16.9. The Morgan fingerprint density at radius 1 is 1.35 bits per heavy atom. The van der Waals surface area contributed by atoms with Crippen molar-refractivity contribution in [2.75, 3.05) is 19.6 Å². The minimum Gasteiger partial charge on any atom is -0.444 e. The van der Waals surface area contributed by atoms with Crippen molar-refractivity contribution in [2.24, 2.45) is 0 Å². The van der Waals surface area contributed by atoms with Gasteiger partial charge in [0.25, 0.3) is 0 Å². The molecule has 0 unspecified atom stereocenters. The lowest BCUT2D eigenvalue weighted by molar-refractivity contribution is 0.00857. The van der Waals surface area contributed by atoms with Crippen molar-refractivity contribution in [2.45, 2.75) is 45.1 Å². The Morgan fingerprint density at radius 3 is 2.54 bits per heavy atom. The van der Waals surface area contributed by atoms with Gasteiger partial charge in [0, 0.05) is 36.3 Å². The smallest absolute Gasteiger partial charge is 0.410 e. The highest BCUT2D eigenvalue weighted by Gasteiger charge is 2.35. The van der Waals surface area contributed by atoms with E-state index in [2.05, 4.69) is 0 Å². The third-order valence-electron chi connectivity index (χ3n) is 4.00. The fourth-order valence-corrected chi connectivity index (χ4v) is 4.67. The van der Waals surface area contributed by atoms with Gasteiger partial charge in [-0.15, -0.1) is 0 Å². The van der Waals surface area contributed by atoms with E-state index in [1.807, 2.05) is 0 Å². The average molecular weight is 407 g/mol. The Balaban J connectivity index is 2.09. The highest BCUT2D eigenvalue weighted by molar-refractivity contribution is 7.88. The number of piperazine rings is 1. The van der Waals surface area contributed by atoms with Gasteiger partial charge in [0.05, 0.1) is 5.75 Å². The summed E-state index contributed by atoms with van der Waals surface area (Å²) >= 11 is 5.94. The van der Waals surface area contributed by atoms with Crippen LogP contribution >= 0.6 is 11.6 Å². The van der Waals surface area contributed by atoms with Crippen molar-refractivity contribution in [1.29, 1.82) is 0 Å². The molecule has 2 rings (SSSR count). The van der Waals surface area contributed by atoms with E-state index >= 15 is 0 Å². The van der Waals surface area contributed by atoms with Crippen LogP contribution in [0.3, 0.4) is 0 Å². The first-order valence-corrected chi connectivity index (χ1v) is 10.3. The number of hydrogen-bond donors (Lipinski definition) is 0.